The average molecular weight is 282 g/mol. The lowest BCUT2D eigenvalue weighted by Crippen LogP contribution is -2.04. The Bertz CT molecular complexity index is 797. The van der Waals surface area contributed by atoms with Crippen molar-refractivity contribution in [2.75, 3.05) is 0 Å². The van der Waals surface area contributed by atoms with Crippen molar-refractivity contribution in [1.29, 1.82) is 0 Å². The van der Waals surface area contributed by atoms with Crippen LogP contribution >= 0.6 is 0 Å². The van der Waals surface area contributed by atoms with Crippen LogP contribution in [0.4, 0.5) is 4.39 Å². The van der Waals surface area contributed by atoms with Gasteiger partial charge < -0.3 is 5.11 Å². The minimum atomic E-state index is -1.14. The van der Waals surface area contributed by atoms with Gasteiger partial charge in [0, 0.05) is 5.56 Å². The third-order valence-corrected chi connectivity index (χ3v) is 3.13. The van der Waals surface area contributed by atoms with Crippen LogP contribution in [0, 0.1) is 5.82 Å². The molecule has 0 amide bonds. The van der Waals surface area contributed by atoms with E-state index in [2.05, 4.69) is 5.10 Å². The fraction of sp³-hybridized carbons (Fsp3) is 0. The van der Waals surface area contributed by atoms with Crippen molar-refractivity contribution in [2.45, 2.75) is 0 Å². The van der Waals surface area contributed by atoms with Crippen molar-refractivity contribution in [2.24, 2.45) is 0 Å². The normalized spacial score (nSPS) is 10.5. The number of carbonyl (C=O) groups is 1. The van der Waals surface area contributed by atoms with Crippen LogP contribution in [0.25, 0.3) is 16.9 Å². The SMILES string of the molecule is O=C(O)c1cnn(-c2ccccc2)c1-c1ccccc1F. The molecule has 0 fully saturated rings. The second kappa shape index (κ2) is 5.20. The van der Waals surface area contributed by atoms with Crippen molar-refractivity contribution in [3.63, 3.8) is 0 Å². The number of nitrogens with zero attached hydrogens (tertiary/aromatic N) is 2. The largest absolute Gasteiger partial charge is 0.478 e. The Hall–Kier alpha value is -2.95. The number of hydrogen-bond donors (Lipinski definition) is 1. The van der Waals surface area contributed by atoms with Gasteiger partial charge in [0.05, 0.1) is 17.6 Å². The molecule has 0 bridgehead atoms. The molecule has 3 rings (SSSR count). The maximum absolute atomic E-state index is 14.1. The molecule has 1 heterocycles. The molecule has 3 aromatic rings. The first-order valence-corrected chi connectivity index (χ1v) is 6.30. The van der Waals surface area contributed by atoms with E-state index in [-0.39, 0.29) is 16.8 Å². The van der Waals surface area contributed by atoms with Crippen LogP contribution in [0.1, 0.15) is 10.4 Å². The van der Waals surface area contributed by atoms with Crippen LogP contribution in [0.5, 0.6) is 0 Å². The standard InChI is InChI=1S/C16H11FN2O2/c17-14-9-5-4-8-12(14)15-13(16(20)21)10-18-19(15)11-6-2-1-3-7-11/h1-10H,(H,20,21). The summed E-state index contributed by atoms with van der Waals surface area (Å²) in [7, 11) is 0. The van der Waals surface area contributed by atoms with E-state index in [1.807, 2.05) is 18.2 Å². The highest BCUT2D eigenvalue weighted by atomic mass is 19.1. The third-order valence-electron chi connectivity index (χ3n) is 3.13. The summed E-state index contributed by atoms with van der Waals surface area (Å²) in [5.74, 6) is -1.63. The van der Waals surface area contributed by atoms with E-state index >= 15 is 0 Å². The summed E-state index contributed by atoms with van der Waals surface area (Å²) < 4.78 is 15.5. The van der Waals surface area contributed by atoms with Gasteiger partial charge in [0.15, 0.2) is 0 Å². The molecule has 2 aromatic carbocycles. The van der Waals surface area contributed by atoms with Gasteiger partial charge in [-0.2, -0.15) is 5.10 Å². The highest BCUT2D eigenvalue weighted by molar-refractivity contribution is 5.95. The monoisotopic (exact) mass is 282 g/mol. The second-order valence-corrected chi connectivity index (χ2v) is 4.44. The Balaban J connectivity index is 2.29. The van der Waals surface area contributed by atoms with E-state index in [0.29, 0.717) is 5.69 Å². The zero-order valence-electron chi connectivity index (χ0n) is 10.9. The van der Waals surface area contributed by atoms with Gasteiger partial charge >= 0.3 is 5.97 Å². The molecule has 0 aliphatic heterocycles. The number of para-hydroxylation sites is 1. The third kappa shape index (κ3) is 2.29. The van der Waals surface area contributed by atoms with Crippen molar-refractivity contribution >= 4 is 5.97 Å². The molecule has 0 aliphatic carbocycles. The fourth-order valence-corrected chi connectivity index (χ4v) is 2.18. The molecule has 1 aromatic heterocycles. The number of rotatable bonds is 3. The molecule has 0 saturated heterocycles. The Morgan fingerprint density at radius 1 is 1.05 bits per heavy atom. The molecular weight excluding hydrogens is 271 g/mol. The summed E-state index contributed by atoms with van der Waals surface area (Å²) in [6.07, 6.45) is 1.23. The number of benzene rings is 2. The lowest BCUT2D eigenvalue weighted by molar-refractivity contribution is 0.0697. The quantitative estimate of drug-likeness (QED) is 0.801. The summed E-state index contributed by atoms with van der Waals surface area (Å²) >= 11 is 0. The lowest BCUT2D eigenvalue weighted by Gasteiger charge is -2.09. The Morgan fingerprint density at radius 2 is 1.71 bits per heavy atom. The van der Waals surface area contributed by atoms with E-state index in [4.69, 9.17) is 0 Å². The molecule has 0 atom stereocenters. The average Bonchev–Trinajstić information content (AvgIpc) is 2.93. The number of aromatic nitrogens is 2. The molecule has 0 radical (unpaired) electrons. The zero-order valence-corrected chi connectivity index (χ0v) is 10.9. The molecule has 5 heteroatoms. The summed E-state index contributed by atoms with van der Waals surface area (Å²) in [5, 5.41) is 13.4. The molecule has 0 unspecified atom stereocenters. The molecular formula is C16H11FN2O2. The van der Waals surface area contributed by atoms with Crippen LogP contribution in [0.2, 0.25) is 0 Å². The maximum atomic E-state index is 14.1. The predicted molar refractivity (Wildman–Crippen MR) is 75.9 cm³/mol. The van der Waals surface area contributed by atoms with Crippen molar-refractivity contribution in [1.82, 2.24) is 9.78 Å². The minimum Gasteiger partial charge on any atom is -0.478 e. The van der Waals surface area contributed by atoms with Crippen LogP contribution in [0.3, 0.4) is 0 Å². The first-order valence-electron chi connectivity index (χ1n) is 6.30. The summed E-state index contributed by atoms with van der Waals surface area (Å²) in [4.78, 5) is 11.4. The van der Waals surface area contributed by atoms with E-state index in [1.54, 1.807) is 24.3 Å². The van der Waals surface area contributed by atoms with Crippen LogP contribution in [-0.4, -0.2) is 20.9 Å². The minimum absolute atomic E-state index is 0.0380. The summed E-state index contributed by atoms with van der Waals surface area (Å²) in [5.41, 5.74) is 1.07. The number of hydrogen-bond acceptors (Lipinski definition) is 2. The number of carboxylic acids is 1. The molecule has 0 saturated carbocycles. The Labute approximate surface area is 120 Å². The number of carboxylic acid groups (broad SMARTS) is 1. The summed E-state index contributed by atoms with van der Waals surface area (Å²) in [6, 6.07) is 15.1. The van der Waals surface area contributed by atoms with E-state index in [9.17, 15) is 14.3 Å². The fourth-order valence-electron chi connectivity index (χ4n) is 2.18. The van der Waals surface area contributed by atoms with Gasteiger partial charge in [-0.1, -0.05) is 30.3 Å². The molecule has 104 valence electrons. The Kier molecular flexibility index (Phi) is 3.23. The lowest BCUT2D eigenvalue weighted by atomic mass is 10.1. The van der Waals surface area contributed by atoms with Gasteiger partial charge in [-0.05, 0) is 24.3 Å². The highest BCUT2D eigenvalue weighted by Gasteiger charge is 2.21. The van der Waals surface area contributed by atoms with E-state index < -0.39 is 11.8 Å². The van der Waals surface area contributed by atoms with Gasteiger partial charge in [-0.15, -0.1) is 0 Å². The molecule has 21 heavy (non-hydrogen) atoms. The van der Waals surface area contributed by atoms with Crippen molar-refractivity contribution in [3.8, 4) is 16.9 Å². The Morgan fingerprint density at radius 3 is 2.38 bits per heavy atom. The topological polar surface area (TPSA) is 55.1 Å². The number of aromatic carboxylic acids is 1. The van der Waals surface area contributed by atoms with E-state index in [1.165, 1.54) is 23.0 Å². The maximum Gasteiger partial charge on any atom is 0.339 e. The van der Waals surface area contributed by atoms with Gasteiger partial charge in [0.25, 0.3) is 0 Å². The van der Waals surface area contributed by atoms with Gasteiger partial charge in [-0.3, -0.25) is 0 Å². The van der Waals surface area contributed by atoms with Gasteiger partial charge in [-0.25, -0.2) is 13.9 Å². The molecule has 0 spiro atoms. The van der Waals surface area contributed by atoms with Crippen molar-refractivity contribution in [3.05, 3.63) is 72.2 Å². The predicted octanol–water partition coefficient (Wildman–Crippen LogP) is 3.38. The molecule has 0 aliphatic rings. The smallest absolute Gasteiger partial charge is 0.339 e. The highest BCUT2D eigenvalue weighted by Crippen LogP contribution is 2.28. The number of halogens is 1. The van der Waals surface area contributed by atoms with Gasteiger partial charge in [0.2, 0.25) is 0 Å². The first-order chi connectivity index (χ1) is 10.2. The second-order valence-electron chi connectivity index (χ2n) is 4.44. The zero-order chi connectivity index (χ0) is 14.8. The van der Waals surface area contributed by atoms with Crippen molar-refractivity contribution < 1.29 is 14.3 Å². The van der Waals surface area contributed by atoms with E-state index in [0.717, 1.165) is 0 Å². The van der Waals surface area contributed by atoms with Crippen LogP contribution < -0.4 is 0 Å². The first kappa shape index (κ1) is 13.1. The van der Waals surface area contributed by atoms with Crippen LogP contribution in [0.15, 0.2) is 60.8 Å². The molecule has 4 nitrogen and oxygen atoms in total. The summed E-state index contributed by atoms with van der Waals surface area (Å²) in [6.45, 7) is 0. The van der Waals surface area contributed by atoms with Crippen LogP contribution in [-0.2, 0) is 0 Å². The molecule has 1 N–H and O–H groups in total. The van der Waals surface area contributed by atoms with Gasteiger partial charge in [0.1, 0.15) is 11.4 Å².